The molecule has 0 fully saturated rings. The molecule has 0 radical (unpaired) electrons. The zero-order chi connectivity index (χ0) is 8.97. The predicted octanol–water partition coefficient (Wildman–Crippen LogP) is 1.82. The van der Waals surface area contributed by atoms with Crippen molar-refractivity contribution in [3.63, 3.8) is 0 Å². The van der Waals surface area contributed by atoms with Crippen molar-refractivity contribution in [1.82, 2.24) is 0 Å². The van der Waals surface area contributed by atoms with E-state index in [0.717, 1.165) is 0 Å². The molecule has 12 heavy (non-hydrogen) atoms. The first-order valence-electron chi connectivity index (χ1n) is 2.98. The van der Waals surface area contributed by atoms with E-state index in [1.54, 1.807) is 24.3 Å². The van der Waals surface area contributed by atoms with Gasteiger partial charge in [0.2, 0.25) is 0 Å². The first kappa shape index (κ1) is 9.47. The first-order chi connectivity index (χ1) is 5.68. The fraction of sp³-hybridized carbons (Fsp3) is 0. The van der Waals surface area contributed by atoms with Crippen LogP contribution in [0, 0.1) is 0 Å². The highest BCUT2D eigenvalue weighted by Crippen LogP contribution is 2.13. The van der Waals surface area contributed by atoms with Gasteiger partial charge < -0.3 is 0 Å². The third-order valence-electron chi connectivity index (χ3n) is 1.08. The predicted molar refractivity (Wildman–Crippen MR) is 46.9 cm³/mol. The molecule has 0 bridgehead atoms. The molecule has 6 heteroatoms. The molecule has 0 aliphatic carbocycles. The molecule has 0 amide bonds. The Labute approximate surface area is 76.9 Å². The van der Waals surface area contributed by atoms with Gasteiger partial charge in [0.25, 0.3) is 0 Å². The summed E-state index contributed by atoms with van der Waals surface area (Å²) in [5.41, 5.74) is 2.82. The Morgan fingerprint density at radius 3 is 2.50 bits per heavy atom. The van der Waals surface area contributed by atoms with Crippen LogP contribution in [0.5, 0.6) is 0 Å². The summed E-state index contributed by atoms with van der Waals surface area (Å²) in [5.74, 6) is 0. The van der Waals surface area contributed by atoms with Crippen molar-refractivity contribution in [3.8, 4) is 0 Å². The highest BCUT2D eigenvalue weighted by molar-refractivity contribution is 7.74. The Bertz CT molecular complexity index is 277. The van der Waals surface area contributed by atoms with Crippen LogP contribution in [-0.4, -0.2) is 8.76 Å². The molecule has 0 spiro atoms. The lowest BCUT2D eigenvalue weighted by molar-refractivity contribution is 0.373. The number of hydrogen-bond acceptors (Lipinski definition) is 3. The van der Waals surface area contributed by atoms with Gasteiger partial charge in [-0.15, -0.1) is 4.28 Å². The van der Waals surface area contributed by atoms with Gasteiger partial charge in [0.1, 0.15) is 0 Å². The van der Waals surface area contributed by atoms with Gasteiger partial charge >= 0.3 is 11.4 Å². The molecule has 0 aliphatic heterocycles. The molecular weight excluding hydrogens is 202 g/mol. The molecule has 1 aromatic rings. The van der Waals surface area contributed by atoms with Crippen molar-refractivity contribution in [1.29, 1.82) is 0 Å². The maximum Gasteiger partial charge on any atom is 0.324 e. The summed E-state index contributed by atoms with van der Waals surface area (Å²) < 4.78 is 22.5. The zero-order valence-electron chi connectivity index (χ0n) is 5.86. The van der Waals surface area contributed by atoms with Gasteiger partial charge in [-0.2, -0.15) is 4.21 Å². The summed E-state index contributed by atoms with van der Waals surface area (Å²) in [7, 11) is 0. The Morgan fingerprint density at radius 1 is 1.42 bits per heavy atom. The lowest BCUT2D eigenvalue weighted by Gasteiger charge is -2.01. The summed E-state index contributed by atoms with van der Waals surface area (Å²) in [6, 6.07) is 6.51. The van der Waals surface area contributed by atoms with Crippen molar-refractivity contribution in [2.24, 2.45) is 0 Å². The van der Waals surface area contributed by atoms with E-state index < -0.39 is 11.4 Å². The average molecular weight is 208 g/mol. The minimum absolute atomic E-state index is 0.557. The van der Waals surface area contributed by atoms with E-state index in [0.29, 0.717) is 10.7 Å². The number of benzene rings is 1. The Morgan fingerprint density at radius 2 is 2.00 bits per heavy atom. The molecule has 0 aromatic heterocycles. The van der Waals surface area contributed by atoms with Crippen LogP contribution in [0.25, 0.3) is 0 Å². The Hall–Kier alpha value is -0.620. The summed E-state index contributed by atoms with van der Waals surface area (Å²) in [6.45, 7) is 0. The number of halogens is 1. The van der Waals surface area contributed by atoms with Crippen LogP contribution in [-0.2, 0) is 15.6 Å². The van der Waals surface area contributed by atoms with Gasteiger partial charge in [-0.3, -0.25) is 4.55 Å². The maximum atomic E-state index is 10.0. The number of rotatable bonds is 3. The van der Waals surface area contributed by atoms with Gasteiger partial charge in [0, 0.05) is 5.02 Å². The molecule has 1 rings (SSSR count). The smallest absolute Gasteiger partial charge is 0.282 e. The summed E-state index contributed by atoms with van der Waals surface area (Å²) >= 11 is 3.28. The normalized spacial score (nSPS) is 12.5. The SMILES string of the molecule is O=S(O)ONc1ccc(Cl)cc1. The largest absolute Gasteiger partial charge is 0.324 e. The highest BCUT2D eigenvalue weighted by atomic mass is 35.5. The van der Waals surface area contributed by atoms with Crippen LogP contribution >= 0.6 is 11.6 Å². The van der Waals surface area contributed by atoms with E-state index in [-0.39, 0.29) is 0 Å². The molecule has 0 saturated heterocycles. The lowest BCUT2D eigenvalue weighted by atomic mass is 10.3. The number of hydrogen-bond donors (Lipinski definition) is 2. The molecule has 1 unspecified atom stereocenters. The molecule has 4 nitrogen and oxygen atoms in total. The molecule has 1 aromatic carbocycles. The second-order valence-electron chi connectivity index (χ2n) is 1.91. The van der Waals surface area contributed by atoms with Crippen molar-refractivity contribution in [2.75, 3.05) is 5.48 Å². The molecule has 2 N–H and O–H groups in total. The summed E-state index contributed by atoms with van der Waals surface area (Å²) in [6.07, 6.45) is 0. The van der Waals surface area contributed by atoms with Gasteiger partial charge in [0.05, 0.1) is 5.69 Å². The summed E-state index contributed by atoms with van der Waals surface area (Å²) in [4.78, 5) is 0. The fourth-order valence-corrected chi connectivity index (χ4v) is 0.895. The van der Waals surface area contributed by atoms with Gasteiger partial charge in [-0.05, 0) is 24.3 Å². The maximum absolute atomic E-state index is 10.0. The van der Waals surface area contributed by atoms with Crippen molar-refractivity contribution >= 4 is 28.6 Å². The molecule has 1 atom stereocenters. The van der Waals surface area contributed by atoms with E-state index in [4.69, 9.17) is 16.2 Å². The summed E-state index contributed by atoms with van der Waals surface area (Å²) in [5, 5.41) is 0.589. The first-order valence-corrected chi connectivity index (χ1v) is 4.39. The van der Waals surface area contributed by atoms with E-state index in [2.05, 4.69) is 9.76 Å². The van der Waals surface area contributed by atoms with E-state index in [9.17, 15) is 4.21 Å². The topological polar surface area (TPSA) is 58.6 Å². The number of anilines is 1. The Kier molecular flexibility index (Phi) is 3.48. The minimum atomic E-state index is -2.32. The van der Waals surface area contributed by atoms with Crippen molar-refractivity contribution in [2.45, 2.75) is 0 Å². The van der Waals surface area contributed by atoms with Crippen LogP contribution in [0.15, 0.2) is 24.3 Å². The van der Waals surface area contributed by atoms with Crippen LogP contribution in [0.4, 0.5) is 5.69 Å². The van der Waals surface area contributed by atoms with E-state index >= 15 is 0 Å². The van der Waals surface area contributed by atoms with Crippen LogP contribution in [0.1, 0.15) is 0 Å². The molecule has 0 saturated carbocycles. The van der Waals surface area contributed by atoms with Crippen LogP contribution in [0.3, 0.4) is 0 Å². The molecule has 66 valence electrons. The van der Waals surface area contributed by atoms with Crippen LogP contribution in [0.2, 0.25) is 5.02 Å². The third kappa shape index (κ3) is 3.19. The van der Waals surface area contributed by atoms with E-state index in [1.807, 2.05) is 0 Å². The highest BCUT2D eigenvalue weighted by Gasteiger charge is 1.94. The third-order valence-corrected chi connectivity index (χ3v) is 1.55. The zero-order valence-corrected chi connectivity index (χ0v) is 7.43. The molecule has 0 aliphatic rings. The number of nitrogens with one attached hydrogen (secondary N) is 1. The van der Waals surface area contributed by atoms with Gasteiger partial charge in [-0.1, -0.05) is 11.6 Å². The monoisotopic (exact) mass is 207 g/mol. The minimum Gasteiger partial charge on any atom is -0.282 e. The van der Waals surface area contributed by atoms with E-state index in [1.165, 1.54) is 0 Å². The Balaban J connectivity index is 2.53. The van der Waals surface area contributed by atoms with Crippen molar-refractivity contribution < 1.29 is 13.0 Å². The standard InChI is InChI=1S/C6H6ClNO3S/c7-5-1-3-6(4-2-5)8-11-12(9)10/h1-4,8H,(H,9,10). The lowest BCUT2D eigenvalue weighted by Crippen LogP contribution is -2.02. The molecular formula is C6H6ClNO3S. The quantitative estimate of drug-likeness (QED) is 0.587. The van der Waals surface area contributed by atoms with Gasteiger partial charge in [-0.25, -0.2) is 5.48 Å². The van der Waals surface area contributed by atoms with Crippen molar-refractivity contribution in [3.05, 3.63) is 29.3 Å². The average Bonchev–Trinajstić information content (AvgIpc) is 2.03. The van der Waals surface area contributed by atoms with Crippen LogP contribution < -0.4 is 5.48 Å². The second kappa shape index (κ2) is 4.42. The second-order valence-corrected chi connectivity index (χ2v) is 2.95. The van der Waals surface area contributed by atoms with Gasteiger partial charge in [0.15, 0.2) is 0 Å². The molecule has 0 heterocycles. The fourth-order valence-electron chi connectivity index (χ4n) is 0.602.